The highest BCUT2D eigenvalue weighted by Gasteiger charge is 1.97. The average molecular weight is 221 g/mol. The number of hydrogen-bond acceptors (Lipinski definition) is 1. The minimum Gasteiger partial charge on any atom is -0.273 e. The molecule has 0 fully saturated rings. The van der Waals surface area contributed by atoms with E-state index in [4.69, 9.17) is 11.6 Å². The van der Waals surface area contributed by atoms with E-state index in [1.54, 1.807) is 14.0 Å². The van der Waals surface area contributed by atoms with Crippen LogP contribution in [0.1, 0.15) is 31.9 Å². The number of aromatic nitrogens is 2. The molecule has 0 aromatic carbocycles. The van der Waals surface area contributed by atoms with Crippen molar-refractivity contribution < 1.29 is 4.39 Å². The van der Waals surface area contributed by atoms with E-state index in [0.29, 0.717) is 5.69 Å². The maximum atomic E-state index is 12.3. The van der Waals surface area contributed by atoms with E-state index in [1.165, 1.54) is 30.1 Å². The molecule has 0 N–H and O–H groups in total. The van der Waals surface area contributed by atoms with E-state index < -0.39 is 0 Å². The van der Waals surface area contributed by atoms with Gasteiger partial charge < -0.3 is 0 Å². The van der Waals surface area contributed by atoms with Crippen molar-refractivity contribution in [1.82, 2.24) is 9.78 Å². The molecule has 1 rings (SSSR count). The number of halogens is 2. The number of rotatable bonds is 3. The van der Waals surface area contributed by atoms with Crippen LogP contribution in [0.15, 0.2) is 6.20 Å². The Morgan fingerprint density at radius 1 is 1.50 bits per heavy atom. The Kier molecular flexibility index (Phi) is 7.48. The Hall–Kier alpha value is -0.570. The zero-order valence-corrected chi connectivity index (χ0v) is 9.81. The lowest BCUT2D eigenvalue weighted by atomic mass is 10.3. The van der Waals surface area contributed by atoms with Crippen molar-refractivity contribution >= 4 is 11.6 Å². The summed E-state index contributed by atoms with van der Waals surface area (Å²) in [5, 5.41) is 3.75. The van der Waals surface area contributed by atoms with Gasteiger partial charge in [0.2, 0.25) is 0 Å². The zero-order chi connectivity index (χ0) is 11.0. The second-order valence-corrected chi connectivity index (χ2v) is 3.51. The van der Waals surface area contributed by atoms with Crippen molar-refractivity contribution in [2.24, 2.45) is 7.05 Å². The molecule has 0 saturated carbocycles. The first kappa shape index (κ1) is 13.4. The standard InChI is InChI=1S/C5H11Cl.C5H7FN2/c1-2-3-4-5-6;1-4-5(6)3-8(2)7-4/h2-5H2,1H3;3H,1-2H3. The number of aryl methyl sites for hydroxylation is 2. The molecule has 1 aromatic heterocycles. The third-order valence-corrected chi connectivity index (χ3v) is 1.96. The summed E-state index contributed by atoms with van der Waals surface area (Å²) < 4.78 is 13.7. The molecule has 0 bridgehead atoms. The minimum atomic E-state index is -0.243. The minimum absolute atomic E-state index is 0.243. The summed E-state index contributed by atoms with van der Waals surface area (Å²) in [6.45, 7) is 3.81. The van der Waals surface area contributed by atoms with Gasteiger partial charge in [-0.25, -0.2) is 4.39 Å². The number of hydrogen-bond donors (Lipinski definition) is 0. The summed E-state index contributed by atoms with van der Waals surface area (Å²) in [5.41, 5.74) is 0.451. The maximum absolute atomic E-state index is 12.3. The number of unbranched alkanes of at least 4 members (excludes halogenated alkanes) is 2. The van der Waals surface area contributed by atoms with Crippen molar-refractivity contribution in [3.8, 4) is 0 Å². The van der Waals surface area contributed by atoms with Gasteiger partial charge in [-0.3, -0.25) is 4.68 Å². The predicted molar refractivity (Wildman–Crippen MR) is 58.1 cm³/mol. The monoisotopic (exact) mass is 220 g/mol. The quantitative estimate of drug-likeness (QED) is 0.565. The van der Waals surface area contributed by atoms with Crippen LogP contribution in [0.3, 0.4) is 0 Å². The second-order valence-electron chi connectivity index (χ2n) is 3.13. The smallest absolute Gasteiger partial charge is 0.163 e. The summed E-state index contributed by atoms with van der Waals surface area (Å²) in [7, 11) is 1.69. The zero-order valence-electron chi connectivity index (χ0n) is 9.06. The molecule has 2 nitrogen and oxygen atoms in total. The summed E-state index contributed by atoms with van der Waals surface area (Å²) in [5.74, 6) is 0.584. The molecule has 14 heavy (non-hydrogen) atoms. The highest BCUT2D eigenvalue weighted by Crippen LogP contribution is 1.98. The molecule has 0 radical (unpaired) electrons. The van der Waals surface area contributed by atoms with Gasteiger partial charge in [0.1, 0.15) is 0 Å². The van der Waals surface area contributed by atoms with Crippen LogP contribution in [-0.4, -0.2) is 15.7 Å². The highest BCUT2D eigenvalue weighted by molar-refractivity contribution is 6.17. The first-order valence-electron chi connectivity index (χ1n) is 4.83. The van der Waals surface area contributed by atoms with Gasteiger partial charge in [-0.15, -0.1) is 11.6 Å². The third-order valence-electron chi connectivity index (χ3n) is 1.69. The lowest BCUT2D eigenvalue weighted by molar-refractivity contribution is 0.617. The molecule has 0 spiro atoms. The lowest BCUT2D eigenvalue weighted by Gasteiger charge is -1.84. The molecule has 0 unspecified atom stereocenters. The van der Waals surface area contributed by atoms with E-state index in [1.807, 2.05) is 0 Å². The van der Waals surface area contributed by atoms with Gasteiger partial charge in [0.25, 0.3) is 0 Å². The van der Waals surface area contributed by atoms with Gasteiger partial charge in [-0.2, -0.15) is 5.10 Å². The van der Waals surface area contributed by atoms with Crippen molar-refractivity contribution in [3.63, 3.8) is 0 Å². The molecular formula is C10H18ClFN2. The number of alkyl halides is 1. The Morgan fingerprint density at radius 2 is 2.14 bits per heavy atom. The first-order chi connectivity index (χ1) is 6.61. The molecule has 0 amide bonds. The van der Waals surface area contributed by atoms with Crippen LogP contribution in [0.5, 0.6) is 0 Å². The maximum Gasteiger partial charge on any atom is 0.163 e. The van der Waals surface area contributed by atoms with Gasteiger partial charge in [0.15, 0.2) is 5.82 Å². The van der Waals surface area contributed by atoms with Crippen LogP contribution in [0.2, 0.25) is 0 Å². The van der Waals surface area contributed by atoms with E-state index >= 15 is 0 Å². The van der Waals surface area contributed by atoms with Crippen molar-refractivity contribution in [3.05, 3.63) is 17.7 Å². The molecule has 4 heteroatoms. The van der Waals surface area contributed by atoms with E-state index in [2.05, 4.69) is 12.0 Å². The molecule has 0 atom stereocenters. The highest BCUT2D eigenvalue weighted by atomic mass is 35.5. The molecular weight excluding hydrogens is 203 g/mol. The molecule has 1 aromatic rings. The molecule has 0 saturated heterocycles. The molecule has 0 aliphatic carbocycles. The largest absolute Gasteiger partial charge is 0.273 e. The first-order valence-corrected chi connectivity index (χ1v) is 5.37. The average Bonchev–Trinajstić information content (AvgIpc) is 2.42. The fourth-order valence-electron chi connectivity index (χ4n) is 0.915. The molecule has 0 aliphatic rings. The summed E-state index contributed by atoms with van der Waals surface area (Å²) in [6.07, 6.45) is 5.07. The second kappa shape index (κ2) is 7.80. The molecule has 1 heterocycles. The predicted octanol–water partition coefficient (Wildman–Crippen LogP) is 3.28. The van der Waals surface area contributed by atoms with Crippen molar-refractivity contribution in [1.29, 1.82) is 0 Å². The Labute approximate surface area is 90.1 Å². The Morgan fingerprint density at radius 3 is 2.29 bits per heavy atom. The summed E-state index contributed by atoms with van der Waals surface area (Å²) in [4.78, 5) is 0. The SMILES string of the molecule is CCCCCCl.Cc1nn(C)cc1F. The van der Waals surface area contributed by atoms with Gasteiger partial charge in [0, 0.05) is 12.9 Å². The third kappa shape index (κ3) is 5.97. The van der Waals surface area contributed by atoms with Gasteiger partial charge in [-0.1, -0.05) is 19.8 Å². The van der Waals surface area contributed by atoms with Crippen LogP contribution in [0.25, 0.3) is 0 Å². The molecule has 0 aliphatic heterocycles. The van der Waals surface area contributed by atoms with Crippen molar-refractivity contribution in [2.45, 2.75) is 33.1 Å². The lowest BCUT2D eigenvalue weighted by Crippen LogP contribution is -1.86. The van der Waals surface area contributed by atoms with E-state index in [0.717, 1.165) is 5.88 Å². The van der Waals surface area contributed by atoms with Gasteiger partial charge in [0.05, 0.1) is 11.9 Å². The van der Waals surface area contributed by atoms with Crippen LogP contribution < -0.4 is 0 Å². The fraction of sp³-hybridized carbons (Fsp3) is 0.700. The van der Waals surface area contributed by atoms with Crippen LogP contribution in [0, 0.1) is 12.7 Å². The number of nitrogens with zero attached hydrogens (tertiary/aromatic N) is 2. The van der Waals surface area contributed by atoms with Gasteiger partial charge >= 0.3 is 0 Å². The van der Waals surface area contributed by atoms with E-state index in [-0.39, 0.29) is 5.82 Å². The van der Waals surface area contributed by atoms with Crippen LogP contribution >= 0.6 is 11.6 Å². The summed E-state index contributed by atoms with van der Waals surface area (Å²) in [6, 6.07) is 0. The molecule has 82 valence electrons. The van der Waals surface area contributed by atoms with E-state index in [9.17, 15) is 4.39 Å². The van der Waals surface area contributed by atoms with Gasteiger partial charge in [-0.05, 0) is 13.3 Å². The Bertz CT molecular complexity index is 225. The normalized spacial score (nSPS) is 9.50. The fourth-order valence-corrected chi connectivity index (χ4v) is 1.10. The topological polar surface area (TPSA) is 17.8 Å². The van der Waals surface area contributed by atoms with Crippen molar-refractivity contribution in [2.75, 3.05) is 5.88 Å². The van der Waals surface area contributed by atoms with Crippen LogP contribution in [-0.2, 0) is 7.05 Å². The summed E-state index contributed by atoms with van der Waals surface area (Å²) >= 11 is 5.38. The Balaban J connectivity index is 0.000000255. The van der Waals surface area contributed by atoms with Crippen LogP contribution in [0.4, 0.5) is 4.39 Å².